The van der Waals surface area contributed by atoms with Gasteiger partial charge in [-0.3, -0.25) is 4.57 Å². The fourth-order valence-electron chi connectivity index (χ4n) is 3.22. The van der Waals surface area contributed by atoms with Gasteiger partial charge >= 0.3 is 0 Å². The van der Waals surface area contributed by atoms with Gasteiger partial charge in [0, 0.05) is 5.56 Å². The number of hydrogen-bond acceptors (Lipinski definition) is 2. The average molecular weight is 342 g/mol. The Labute approximate surface area is 146 Å². The van der Waals surface area contributed by atoms with Crippen LogP contribution in [0.1, 0.15) is 76.0 Å². The third kappa shape index (κ3) is 2.93. The Balaban J connectivity index is 2.28. The highest BCUT2D eigenvalue weighted by Gasteiger charge is 2.27. The van der Waals surface area contributed by atoms with Gasteiger partial charge in [-0.05, 0) is 52.1 Å². The van der Waals surface area contributed by atoms with Crippen molar-refractivity contribution in [3.63, 3.8) is 0 Å². The molecule has 1 aliphatic rings. The van der Waals surface area contributed by atoms with Gasteiger partial charge < -0.3 is 4.52 Å². The molecule has 2 aromatic rings. The van der Waals surface area contributed by atoms with Crippen molar-refractivity contribution in [1.82, 2.24) is 0 Å². The van der Waals surface area contributed by atoms with Crippen molar-refractivity contribution < 1.29 is 9.09 Å². The van der Waals surface area contributed by atoms with E-state index in [1.165, 1.54) is 11.1 Å². The first-order chi connectivity index (χ1) is 11.3. The molecule has 1 aliphatic heterocycles. The monoisotopic (exact) mass is 342 g/mol. The molecule has 0 radical (unpaired) electrons. The first kappa shape index (κ1) is 17.3. The summed E-state index contributed by atoms with van der Waals surface area (Å²) in [6.07, 6.45) is 0. The maximum Gasteiger partial charge on any atom is 0.266 e. The molecule has 1 atom stereocenters. The van der Waals surface area contributed by atoms with Gasteiger partial charge in [0.25, 0.3) is 8.03 Å². The van der Waals surface area contributed by atoms with E-state index in [1.54, 1.807) is 0 Å². The second-order valence-electron chi connectivity index (χ2n) is 7.65. The van der Waals surface area contributed by atoms with Crippen LogP contribution in [-0.2, 0) is 4.57 Å². The van der Waals surface area contributed by atoms with E-state index < -0.39 is 8.03 Å². The summed E-state index contributed by atoms with van der Waals surface area (Å²) in [5.41, 5.74) is 5.85. The van der Waals surface area contributed by atoms with E-state index in [2.05, 4.69) is 71.9 Å². The molecule has 2 aromatic carbocycles. The number of rotatable bonds is 3. The highest BCUT2D eigenvalue weighted by molar-refractivity contribution is 7.49. The van der Waals surface area contributed by atoms with Crippen LogP contribution in [0.5, 0.6) is 5.75 Å². The zero-order chi connectivity index (χ0) is 17.6. The second kappa shape index (κ2) is 6.41. The van der Waals surface area contributed by atoms with Crippen molar-refractivity contribution in [2.45, 2.75) is 59.3 Å². The van der Waals surface area contributed by atoms with Gasteiger partial charge in [-0.2, -0.15) is 0 Å². The lowest BCUT2D eigenvalue weighted by Gasteiger charge is -2.26. The Bertz CT molecular complexity index is 804. The summed E-state index contributed by atoms with van der Waals surface area (Å²) in [6.45, 7) is 13.1. The van der Waals surface area contributed by atoms with E-state index in [9.17, 15) is 4.57 Å². The minimum atomic E-state index is -2.25. The van der Waals surface area contributed by atoms with Gasteiger partial charge in [-0.1, -0.05) is 59.7 Å². The van der Waals surface area contributed by atoms with Crippen LogP contribution in [0.3, 0.4) is 0 Å². The molecule has 0 fully saturated rings. The van der Waals surface area contributed by atoms with Crippen molar-refractivity contribution in [1.29, 1.82) is 0 Å². The quantitative estimate of drug-likeness (QED) is 0.619. The number of benzene rings is 2. The number of hydrogen-bond donors (Lipinski definition) is 0. The third-order valence-electron chi connectivity index (χ3n) is 4.84. The molecule has 3 heteroatoms. The Kier molecular flexibility index (Phi) is 4.62. The van der Waals surface area contributed by atoms with Crippen LogP contribution < -0.4 is 9.83 Å². The molecule has 128 valence electrons. The van der Waals surface area contributed by atoms with E-state index in [0.717, 1.165) is 27.7 Å². The standard InChI is InChI=1S/C21H27O2P/c1-12(2)15-7-8-17-19-10-16(13(3)4)9-18(14(5)6)21(19)23-24(22)20(17)11-15/h7-14,24H,1-6H3. The topological polar surface area (TPSA) is 26.3 Å². The average Bonchev–Trinajstić information content (AvgIpc) is 2.53. The van der Waals surface area contributed by atoms with Crippen LogP contribution in [-0.4, -0.2) is 0 Å². The highest BCUT2D eigenvalue weighted by atomic mass is 31.1. The van der Waals surface area contributed by atoms with Crippen molar-refractivity contribution in [3.05, 3.63) is 47.0 Å². The van der Waals surface area contributed by atoms with E-state index >= 15 is 0 Å². The summed E-state index contributed by atoms with van der Waals surface area (Å²) in [6, 6.07) is 10.8. The van der Waals surface area contributed by atoms with Crippen LogP contribution in [0.15, 0.2) is 30.3 Å². The normalized spacial score (nSPS) is 16.3. The smallest absolute Gasteiger partial charge is 0.266 e. The lowest BCUT2D eigenvalue weighted by molar-refractivity contribution is 0.508. The minimum absolute atomic E-state index is 0.337. The van der Waals surface area contributed by atoms with Gasteiger partial charge in [0.2, 0.25) is 0 Å². The lowest BCUT2D eigenvalue weighted by atomic mass is 9.89. The van der Waals surface area contributed by atoms with Gasteiger partial charge in [0.15, 0.2) is 0 Å². The first-order valence-electron chi connectivity index (χ1n) is 8.84. The minimum Gasteiger partial charge on any atom is -0.441 e. The maximum absolute atomic E-state index is 12.8. The molecule has 1 unspecified atom stereocenters. The Morgan fingerprint density at radius 3 is 2.04 bits per heavy atom. The SMILES string of the molecule is CC(C)c1cc2c(c(C(C)C)c1)O[PH](=O)c1cc(C(C)C)ccc1-2. The lowest BCUT2D eigenvalue weighted by Crippen LogP contribution is -2.14. The molecule has 0 N–H and O–H groups in total. The van der Waals surface area contributed by atoms with E-state index in [0.29, 0.717) is 17.8 Å². The van der Waals surface area contributed by atoms with Crippen LogP contribution >= 0.6 is 8.03 Å². The molecule has 0 aliphatic carbocycles. The molecule has 1 heterocycles. The zero-order valence-corrected chi connectivity index (χ0v) is 16.4. The fourth-order valence-corrected chi connectivity index (χ4v) is 4.47. The molecule has 0 saturated heterocycles. The van der Waals surface area contributed by atoms with Crippen molar-refractivity contribution in [2.75, 3.05) is 0 Å². The molecule has 3 rings (SSSR count). The van der Waals surface area contributed by atoms with E-state index in [4.69, 9.17) is 4.52 Å². The first-order valence-corrected chi connectivity index (χ1v) is 10.2. The van der Waals surface area contributed by atoms with E-state index in [1.807, 2.05) is 0 Å². The number of fused-ring (bicyclic) bond motifs is 3. The van der Waals surface area contributed by atoms with Crippen molar-refractivity contribution in [2.24, 2.45) is 0 Å². The summed E-state index contributed by atoms with van der Waals surface area (Å²) in [5.74, 6) is 2.02. The van der Waals surface area contributed by atoms with Gasteiger partial charge in [0.05, 0.1) is 5.30 Å². The summed E-state index contributed by atoms with van der Waals surface area (Å²) in [7, 11) is -2.25. The Morgan fingerprint density at radius 2 is 1.46 bits per heavy atom. The molecule has 24 heavy (non-hydrogen) atoms. The van der Waals surface area contributed by atoms with E-state index in [-0.39, 0.29) is 0 Å². The van der Waals surface area contributed by atoms with Crippen LogP contribution in [0.4, 0.5) is 0 Å². The van der Waals surface area contributed by atoms with Gasteiger partial charge in [0.1, 0.15) is 5.75 Å². The summed E-state index contributed by atoms with van der Waals surface area (Å²) >= 11 is 0. The van der Waals surface area contributed by atoms with Crippen molar-refractivity contribution in [3.8, 4) is 16.9 Å². The molecule has 0 aromatic heterocycles. The predicted octanol–water partition coefficient (Wildman–Crippen LogP) is 6.22. The highest BCUT2D eigenvalue weighted by Crippen LogP contribution is 2.48. The summed E-state index contributed by atoms with van der Waals surface area (Å²) in [4.78, 5) is 0. The predicted molar refractivity (Wildman–Crippen MR) is 103 cm³/mol. The molecular formula is C21H27O2P. The molecule has 0 spiro atoms. The van der Waals surface area contributed by atoms with Crippen LogP contribution in [0.25, 0.3) is 11.1 Å². The zero-order valence-electron chi connectivity index (χ0n) is 15.4. The van der Waals surface area contributed by atoms with Crippen LogP contribution in [0.2, 0.25) is 0 Å². The Morgan fingerprint density at radius 1 is 0.792 bits per heavy atom. The fraction of sp³-hybridized carbons (Fsp3) is 0.429. The summed E-state index contributed by atoms with van der Waals surface area (Å²) < 4.78 is 18.7. The molecule has 0 saturated carbocycles. The Hall–Kier alpha value is -1.53. The van der Waals surface area contributed by atoms with Crippen molar-refractivity contribution >= 4 is 13.3 Å². The third-order valence-corrected chi connectivity index (χ3v) is 6.09. The molecular weight excluding hydrogens is 315 g/mol. The molecule has 0 amide bonds. The molecule has 0 bridgehead atoms. The maximum atomic E-state index is 12.8. The van der Waals surface area contributed by atoms with Gasteiger partial charge in [-0.25, -0.2) is 0 Å². The molecule has 2 nitrogen and oxygen atoms in total. The summed E-state index contributed by atoms with van der Waals surface area (Å²) in [5, 5.41) is 0.870. The largest absolute Gasteiger partial charge is 0.441 e. The second-order valence-corrected chi connectivity index (χ2v) is 8.96. The van der Waals surface area contributed by atoms with Gasteiger partial charge in [-0.15, -0.1) is 0 Å². The van der Waals surface area contributed by atoms with Crippen LogP contribution in [0, 0.1) is 0 Å².